The molecule has 0 fully saturated rings. The SMILES string of the molecule is BrCc1n[nH]c2ccc(I)cc12.c1ccc(P(c2ccccc2)c2ccccc2)cc1. The van der Waals surface area contributed by atoms with Gasteiger partial charge in [0, 0.05) is 14.3 Å². The summed E-state index contributed by atoms with van der Waals surface area (Å²) in [6.07, 6.45) is 0. The van der Waals surface area contributed by atoms with Crippen LogP contribution in [0.1, 0.15) is 5.69 Å². The minimum absolute atomic E-state index is 0.446. The smallest absolute Gasteiger partial charge is 0.0806 e. The maximum atomic E-state index is 4.18. The molecule has 0 aliphatic rings. The molecule has 154 valence electrons. The number of nitrogens with zero attached hydrogens (tertiary/aromatic N) is 1. The number of hydrogen-bond donors (Lipinski definition) is 1. The van der Waals surface area contributed by atoms with Crippen molar-refractivity contribution in [1.29, 1.82) is 0 Å². The largest absolute Gasteiger partial charge is 0.278 e. The Labute approximate surface area is 206 Å². The molecular weight excluding hydrogens is 578 g/mol. The summed E-state index contributed by atoms with van der Waals surface area (Å²) in [6, 6.07) is 38.6. The summed E-state index contributed by atoms with van der Waals surface area (Å²) in [6.45, 7) is 0. The van der Waals surface area contributed by atoms with Crippen molar-refractivity contribution in [1.82, 2.24) is 10.2 Å². The Morgan fingerprint density at radius 1 is 0.710 bits per heavy atom. The van der Waals surface area contributed by atoms with E-state index in [0.29, 0.717) is 0 Å². The summed E-state index contributed by atoms with van der Waals surface area (Å²) < 4.78 is 1.24. The van der Waals surface area contributed by atoms with E-state index < -0.39 is 7.92 Å². The zero-order chi connectivity index (χ0) is 21.5. The van der Waals surface area contributed by atoms with Gasteiger partial charge in [-0.2, -0.15) is 5.10 Å². The van der Waals surface area contributed by atoms with Crippen LogP contribution in [0.3, 0.4) is 0 Å². The van der Waals surface area contributed by atoms with E-state index in [2.05, 4.69) is 158 Å². The predicted octanol–water partition coefficient (Wildman–Crippen LogP) is 6.51. The summed E-state index contributed by atoms with van der Waals surface area (Å²) >= 11 is 5.70. The molecule has 0 unspecified atom stereocenters. The third-order valence-electron chi connectivity index (χ3n) is 4.77. The van der Waals surface area contributed by atoms with Gasteiger partial charge in [-0.05, 0) is 64.6 Å². The third kappa shape index (κ3) is 5.62. The maximum absolute atomic E-state index is 4.18. The number of hydrogen-bond acceptors (Lipinski definition) is 1. The molecule has 0 radical (unpaired) electrons. The van der Waals surface area contributed by atoms with Gasteiger partial charge in [0.1, 0.15) is 0 Å². The number of benzene rings is 4. The molecule has 2 nitrogen and oxygen atoms in total. The van der Waals surface area contributed by atoms with Gasteiger partial charge in [-0.1, -0.05) is 107 Å². The fourth-order valence-electron chi connectivity index (χ4n) is 3.32. The van der Waals surface area contributed by atoms with Crippen molar-refractivity contribution in [3.8, 4) is 0 Å². The number of H-pyrrole nitrogens is 1. The van der Waals surface area contributed by atoms with E-state index in [9.17, 15) is 0 Å². The van der Waals surface area contributed by atoms with Gasteiger partial charge in [-0.15, -0.1) is 0 Å². The number of fused-ring (bicyclic) bond motifs is 1. The minimum atomic E-state index is -0.446. The van der Waals surface area contributed by atoms with E-state index in [-0.39, 0.29) is 0 Å². The molecule has 0 atom stereocenters. The van der Waals surface area contributed by atoms with Gasteiger partial charge in [0.2, 0.25) is 0 Å². The van der Waals surface area contributed by atoms with E-state index >= 15 is 0 Å². The van der Waals surface area contributed by atoms with Crippen molar-refractivity contribution in [2.24, 2.45) is 0 Å². The molecule has 1 aromatic heterocycles. The van der Waals surface area contributed by atoms with Crippen molar-refractivity contribution in [2.75, 3.05) is 0 Å². The Morgan fingerprint density at radius 3 is 1.65 bits per heavy atom. The molecule has 5 aromatic rings. The normalized spacial score (nSPS) is 10.7. The van der Waals surface area contributed by atoms with Crippen LogP contribution in [0.4, 0.5) is 0 Å². The number of halogens is 2. The Bertz CT molecular complexity index is 1130. The molecule has 0 amide bonds. The number of rotatable bonds is 4. The summed E-state index contributed by atoms with van der Waals surface area (Å²) in [5.41, 5.74) is 2.17. The average Bonchev–Trinajstić information content (AvgIpc) is 3.24. The second-order valence-corrected chi connectivity index (χ2v) is 10.9. The highest BCUT2D eigenvalue weighted by Crippen LogP contribution is 2.32. The van der Waals surface area contributed by atoms with Crippen molar-refractivity contribution in [2.45, 2.75) is 5.33 Å². The summed E-state index contributed by atoms with van der Waals surface area (Å²) in [7, 11) is -0.446. The standard InChI is InChI=1S/C18H15P.C8H6BrIN2/c1-4-10-16(11-5-1)19(17-12-6-2-7-13-17)18-14-8-3-9-15-18;9-4-8-6-3-5(10)1-2-7(6)11-12-8/h1-15H;1-3H,4H2,(H,11,12). The van der Waals surface area contributed by atoms with Gasteiger partial charge < -0.3 is 0 Å². The molecule has 31 heavy (non-hydrogen) atoms. The van der Waals surface area contributed by atoms with E-state index in [4.69, 9.17) is 0 Å². The highest BCUT2D eigenvalue weighted by molar-refractivity contribution is 14.1. The Hall–Kier alpha value is -2.01. The summed E-state index contributed by atoms with van der Waals surface area (Å²) in [5.74, 6) is 0. The van der Waals surface area contributed by atoms with E-state index in [1.165, 1.54) is 24.9 Å². The lowest BCUT2D eigenvalue weighted by atomic mass is 10.2. The first-order valence-electron chi connectivity index (χ1n) is 9.90. The van der Waals surface area contributed by atoms with Crippen LogP contribution in [0, 0.1) is 3.57 Å². The molecule has 5 heteroatoms. The first kappa shape index (κ1) is 22.2. The van der Waals surface area contributed by atoms with E-state index in [0.717, 1.165) is 16.5 Å². The monoisotopic (exact) mass is 598 g/mol. The second-order valence-electron chi connectivity index (χ2n) is 6.84. The molecule has 4 aromatic carbocycles. The molecule has 0 aliphatic heterocycles. The lowest BCUT2D eigenvalue weighted by Gasteiger charge is -2.18. The first-order valence-corrected chi connectivity index (χ1v) is 13.4. The van der Waals surface area contributed by atoms with Gasteiger partial charge in [-0.3, -0.25) is 5.10 Å². The van der Waals surface area contributed by atoms with Crippen LogP contribution in [0.25, 0.3) is 10.9 Å². The van der Waals surface area contributed by atoms with Crippen LogP contribution in [0.2, 0.25) is 0 Å². The molecule has 0 saturated heterocycles. The molecule has 1 N–H and O–H groups in total. The summed E-state index contributed by atoms with van der Waals surface area (Å²) in [4.78, 5) is 0. The third-order valence-corrected chi connectivity index (χ3v) is 8.42. The zero-order valence-corrected chi connectivity index (χ0v) is 21.4. The van der Waals surface area contributed by atoms with Crippen molar-refractivity contribution >= 4 is 73.3 Å². The Kier molecular flexibility index (Phi) is 7.90. The second kappa shape index (κ2) is 11.0. The number of nitrogens with one attached hydrogen (secondary N) is 1. The van der Waals surface area contributed by atoms with Gasteiger partial charge in [0.25, 0.3) is 0 Å². The first-order chi connectivity index (χ1) is 15.3. The molecular formula is C26H21BrIN2P. The lowest BCUT2D eigenvalue weighted by molar-refractivity contribution is 1.06. The van der Waals surface area contributed by atoms with Crippen molar-refractivity contribution < 1.29 is 0 Å². The van der Waals surface area contributed by atoms with Crippen LogP contribution in [-0.2, 0) is 5.33 Å². The highest BCUT2D eigenvalue weighted by atomic mass is 127. The van der Waals surface area contributed by atoms with Crippen molar-refractivity contribution in [3.05, 3.63) is 118 Å². The minimum Gasteiger partial charge on any atom is -0.278 e. The molecule has 1 heterocycles. The fourth-order valence-corrected chi connectivity index (χ4v) is 6.54. The molecule has 5 rings (SSSR count). The average molecular weight is 599 g/mol. The van der Waals surface area contributed by atoms with Gasteiger partial charge in [-0.25, -0.2) is 0 Å². The van der Waals surface area contributed by atoms with Crippen LogP contribution >= 0.6 is 46.4 Å². The summed E-state index contributed by atoms with van der Waals surface area (Å²) in [5, 5.41) is 13.4. The van der Waals surface area contributed by atoms with Gasteiger partial charge in [0.05, 0.1) is 11.2 Å². The van der Waals surface area contributed by atoms with Gasteiger partial charge >= 0.3 is 0 Å². The van der Waals surface area contributed by atoms with Gasteiger partial charge in [0.15, 0.2) is 0 Å². The molecule has 0 aliphatic carbocycles. The van der Waals surface area contributed by atoms with Crippen LogP contribution < -0.4 is 15.9 Å². The quantitative estimate of drug-likeness (QED) is 0.143. The topological polar surface area (TPSA) is 28.7 Å². The predicted molar refractivity (Wildman–Crippen MR) is 147 cm³/mol. The van der Waals surface area contributed by atoms with Crippen molar-refractivity contribution in [3.63, 3.8) is 0 Å². The van der Waals surface area contributed by atoms with Crippen LogP contribution in [0.5, 0.6) is 0 Å². The maximum Gasteiger partial charge on any atom is 0.0806 e. The zero-order valence-electron chi connectivity index (χ0n) is 16.7. The lowest BCUT2D eigenvalue weighted by Crippen LogP contribution is -2.20. The van der Waals surface area contributed by atoms with E-state index in [1.54, 1.807) is 0 Å². The Balaban J connectivity index is 0.000000166. The fraction of sp³-hybridized carbons (Fsp3) is 0.0385. The highest BCUT2D eigenvalue weighted by Gasteiger charge is 2.15. The van der Waals surface area contributed by atoms with E-state index in [1.807, 2.05) is 0 Å². The number of aromatic nitrogens is 2. The molecule has 0 saturated carbocycles. The number of aromatic amines is 1. The van der Waals surface area contributed by atoms with Crippen LogP contribution in [0.15, 0.2) is 109 Å². The number of alkyl halides is 1. The molecule has 0 bridgehead atoms. The van der Waals surface area contributed by atoms with Crippen LogP contribution in [-0.4, -0.2) is 10.2 Å². The molecule has 0 spiro atoms. The Morgan fingerprint density at radius 2 is 1.19 bits per heavy atom.